The van der Waals surface area contributed by atoms with Gasteiger partial charge in [-0.1, -0.05) is 71.8 Å². The number of nitrogens with one attached hydrogen (secondary N) is 1. The molecule has 0 fully saturated rings. The van der Waals surface area contributed by atoms with Crippen molar-refractivity contribution in [1.29, 1.82) is 0 Å². The van der Waals surface area contributed by atoms with Gasteiger partial charge in [0.05, 0.1) is 17.2 Å². The lowest BCUT2D eigenvalue weighted by Crippen LogP contribution is -2.56. The molecule has 0 bridgehead atoms. The zero-order chi connectivity index (χ0) is 34.2. The second kappa shape index (κ2) is 15.5. The molecule has 0 unspecified atom stereocenters. The van der Waals surface area contributed by atoms with Crippen LogP contribution in [-0.2, 0) is 32.6 Å². The number of nitrogens with zero attached hydrogens (tertiary/aromatic N) is 2. The van der Waals surface area contributed by atoms with Crippen molar-refractivity contribution >= 4 is 39.1 Å². The molecule has 2 amide bonds. The monoisotopic (exact) mass is 675 g/mol. The Labute approximate surface area is 283 Å². The quantitative estimate of drug-likeness (QED) is 0.168. The molecule has 0 saturated carbocycles. The molecule has 1 N–H and O–H groups in total. The van der Waals surface area contributed by atoms with Gasteiger partial charge in [0.15, 0.2) is 0 Å². The van der Waals surface area contributed by atoms with Gasteiger partial charge in [-0.05, 0) is 94.3 Å². The maximum absolute atomic E-state index is 14.6. The molecule has 0 radical (unpaired) electrons. The van der Waals surface area contributed by atoms with Crippen LogP contribution in [-0.4, -0.2) is 49.9 Å². The van der Waals surface area contributed by atoms with Crippen LogP contribution in [0, 0.1) is 6.92 Å². The molecule has 4 aromatic rings. The predicted octanol–water partition coefficient (Wildman–Crippen LogP) is 6.80. The number of carbonyl (C=O) groups is 2. The third-order valence-electron chi connectivity index (χ3n) is 7.32. The Balaban J connectivity index is 1.82. The Kier molecular flexibility index (Phi) is 11.7. The van der Waals surface area contributed by atoms with Gasteiger partial charge >= 0.3 is 0 Å². The van der Waals surface area contributed by atoms with Crippen molar-refractivity contribution in [3.05, 3.63) is 125 Å². The molecule has 4 rings (SSSR count). The summed E-state index contributed by atoms with van der Waals surface area (Å²) in [4.78, 5) is 30.1. The average molecular weight is 676 g/mol. The molecule has 0 heterocycles. The van der Waals surface area contributed by atoms with Gasteiger partial charge in [0.1, 0.15) is 18.3 Å². The number of rotatable bonds is 13. The van der Waals surface area contributed by atoms with E-state index in [9.17, 15) is 18.0 Å². The van der Waals surface area contributed by atoms with Crippen molar-refractivity contribution in [2.75, 3.05) is 17.5 Å². The zero-order valence-electron chi connectivity index (χ0n) is 27.4. The molecular formula is C37H42ClN3O5S. The van der Waals surface area contributed by atoms with Crippen molar-refractivity contribution in [3.8, 4) is 5.75 Å². The van der Waals surface area contributed by atoms with E-state index < -0.39 is 34.1 Å². The van der Waals surface area contributed by atoms with E-state index in [0.717, 1.165) is 21.0 Å². The van der Waals surface area contributed by atoms with Gasteiger partial charge in [-0.15, -0.1) is 0 Å². The Bertz CT molecular complexity index is 1760. The Hall–Kier alpha value is -4.34. The minimum absolute atomic E-state index is 0.0277. The molecule has 8 nitrogen and oxygen atoms in total. The molecule has 4 aromatic carbocycles. The number of halogens is 1. The van der Waals surface area contributed by atoms with Crippen LogP contribution in [0.5, 0.6) is 5.75 Å². The summed E-state index contributed by atoms with van der Waals surface area (Å²) in [6.45, 7) is 9.42. The van der Waals surface area contributed by atoms with Crippen molar-refractivity contribution in [3.63, 3.8) is 0 Å². The zero-order valence-corrected chi connectivity index (χ0v) is 29.0. The summed E-state index contributed by atoms with van der Waals surface area (Å²) in [7, 11) is -4.25. The van der Waals surface area contributed by atoms with E-state index in [2.05, 4.69) is 5.32 Å². The van der Waals surface area contributed by atoms with Crippen LogP contribution in [0.1, 0.15) is 44.4 Å². The highest BCUT2D eigenvalue weighted by atomic mass is 35.5. The lowest BCUT2D eigenvalue weighted by Gasteiger charge is -2.35. The normalized spacial score (nSPS) is 12.2. The van der Waals surface area contributed by atoms with E-state index in [4.69, 9.17) is 16.3 Å². The molecule has 248 valence electrons. The standard InChI is InChI=1S/C37H42ClN3O5S/c1-6-46-32-19-17-31(18-20-32)41(47(44,45)33-21-15-30(38)16-22-33)26-35(42)40(25-29-14-10-11-27(2)23-29)34(36(43)39-37(3,4)5)24-28-12-8-7-9-13-28/h7-23,34H,6,24-26H2,1-5H3,(H,39,43)/t34-/m1/s1. The first-order valence-electron chi connectivity index (χ1n) is 15.5. The first-order chi connectivity index (χ1) is 22.3. The summed E-state index contributed by atoms with van der Waals surface area (Å²) in [5, 5.41) is 3.43. The van der Waals surface area contributed by atoms with Gasteiger partial charge in [-0.3, -0.25) is 13.9 Å². The topological polar surface area (TPSA) is 96.0 Å². The molecule has 47 heavy (non-hydrogen) atoms. The fourth-order valence-electron chi connectivity index (χ4n) is 5.15. The lowest BCUT2D eigenvalue weighted by atomic mass is 10.0. The molecule has 0 aliphatic heterocycles. The number of carbonyl (C=O) groups excluding carboxylic acids is 2. The maximum atomic E-state index is 14.6. The van der Waals surface area contributed by atoms with Crippen LogP contribution in [0.15, 0.2) is 108 Å². The first-order valence-corrected chi connectivity index (χ1v) is 17.3. The molecule has 0 aliphatic carbocycles. The number of hydrogen-bond acceptors (Lipinski definition) is 5. The van der Waals surface area contributed by atoms with Crippen LogP contribution in [0.25, 0.3) is 0 Å². The summed E-state index contributed by atoms with van der Waals surface area (Å²) in [6, 6.07) is 28.5. The predicted molar refractivity (Wildman–Crippen MR) is 187 cm³/mol. The Morgan fingerprint density at radius 1 is 0.872 bits per heavy atom. The van der Waals surface area contributed by atoms with Crippen LogP contribution in [0.3, 0.4) is 0 Å². The summed E-state index contributed by atoms with van der Waals surface area (Å²) >= 11 is 6.08. The Morgan fingerprint density at radius 3 is 2.11 bits per heavy atom. The minimum Gasteiger partial charge on any atom is -0.494 e. The van der Waals surface area contributed by atoms with Gasteiger partial charge in [-0.25, -0.2) is 8.42 Å². The number of anilines is 1. The van der Waals surface area contributed by atoms with Crippen LogP contribution >= 0.6 is 11.6 Å². The maximum Gasteiger partial charge on any atom is 0.264 e. The third-order valence-corrected chi connectivity index (χ3v) is 9.36. The van der Waals surface area contributed by atoms with E-state index in [1.807, 2.05) is 89.2 Å². The largest absolute Gasteiger partial charge is 0.494 e. The highest BCUT2D eigenvalue weighted by Crippen LogP contribution is 2.28. The number of benzene rings is 4. The van der Waals surface area contributed by atoms with E-state index in [-0.39, 0.29) is 29.5 Å². The summed E-state index contributed by atoms with van der Waals surface area (Å²) < 4.78 is 35.0. The van der Waals surface area contributed by atoms with Crippen molar-refractivity contribution in [1.82, 2.24) is 10.2 Å². The molecule has 1 atom stereocenters. The van der Waals surface area contributed by atoms with E-state index in [1.165, 1.54) is 29.2 Å². The molecule has 0 spiro atoms. The van der Waals surface area contributed by atoms with Crippen molar-refractivity contribution in [2.24, 2.45) is 0 Å². The van der Waals surface area contributed by atoms with E-state index >= 15 is 0 Å². The third kappa shape index (κ3) is 9.83. The second-order valence-corrected chi connectivity index (χ2v) is 14.6. The molecule has 0 saturated heterocycles. The fourth-order valence-corrected chi connectivity index (χ4v) is 6.69. The highest BCUT2D eigenvalue weighted by Gasteiger charge is 2.35. The highest BCUT2D eigenvalue weighted by molar-refractivity contribution is 7.92. The SMILES string of the molecule is CCOc1ccc(N(CC(=O)N(Cc2cccc(C)c2)[C@H](Cc2ccccc2)C(=O)NC(C)(C)C)S(=O)(=O)c2ccc(Cl)cc2)cc1. The lowest BCUT2D eigenvalue weighted by molar-refractivity contribution is -0.140. The van der Waals surface area contributed by atoms with Crippen molar-refractivity contribution < 1.29 is 22.7 Å². The van der Waals surface area contributed by atoms with Gasteiger partial charge < -0.3 is 15.0 Å². The Morgan fingerprint density at radius 2 is 1.51 bits per heavy atom. The first kappa shape index (κ1) is 35.5. The van der Waals surface area contributed by atoms with Gasteiger partial charge in [0.25, 0.3) is 10.0 Å². The van der Waals surface area contributed by atoms with Crippen LogP contribution < -0.4 is 14.4 Å². The number of amides is 2. The smallest absolute Gasteiger partial charge is 0.264 e. The summed E-state index contributed by atoms with van der Waals surface area (Å²) in [6.07, 6.45) is 0.229. The summed E-state index contributed by atoms with van der Waals surface area (Å²) in [5.74, 6) is -0.312. The number of sulfonamides is 1. The van der Waals surface area contributed by atoms with E-state index in [0.29, 0.717) is 17.4 Å². The summed E-state index contributed by atoms with van der Waals surface area (Å²) in [5.41, 5.74) is 2.37. The fraction of sp³-hybridized carbons (Fsp3) is 0.297. The number of aryl methyl sites for hydroxylation is 1. The second-order valence-electron chi connectivity index (χ2n) is 12.3. The number of hydrogen-bond donors (Lipinski definition) is 1. The molecule has 0 aromatic heterocycles. The van der Waals surface area contributed by atoms with Gasteiger partial charge in [0, 0.05) is 23.5 Å². The molecular weight excluding hydrogens is 634 g/mol. The molecule has 10 heteroatoms. The van der Waals surface area contributed by atoms with Gasteiger partial charge in [0.2, 0.25) is 11.8 Å². The van der Waals surface area contributed by atoms with Crippen LogP contribution in [0.4, 0.5) is 5.69 Å². The van der Waals surface area contributed by atoms with Crippen LogP contribution in [0.2, 0.25) is 5.02 Å². The van der Waals surface area contributed by atoms with Gasteiger partial charge in [-0.2, -0.15) is 0 Å². The molecule has 0 aliphatic rings. The number of ether oxygens (including phenoxy) is 1. The van der Waals surface area contributed by atoms with E-state index in [1.54, 1.807) is 24.3 Å². The minimum atomic E-state index is -4.25. The average Bonchev–Trinajstić information content (AvgIpc) is 3.02. The van der Waals surface area contributed by atoms with Crippen molar-refractivity contribution in [2.45, 2.75) is 64.1 Å².